The van der Waals surface area contributed by atoms with Gasteiger partial charge in [0.15, 0.2) is 0 Å². The third kappa shape index (κ3) is 2.28. The number of hydrogen-bond donors (Lipinski definition) is 2. The minimum absolute atomic E-state index is 0.187. The van der Waals surface area contributed by atoms with Crippen LogP contribution in [0.2, 0.25) is 0 Å². The Labute approximate surface area is 108 Å². The number of hydrogen-bond acceptors (Lipinski definition) is 3. The molecule has 0 saturated carbocycles. The number of nitrogens with zero attached hydrogens (tertiary/aromatic N) is 1. The molecule has 1 aromatic carbocycles. The molecule has 0 amide bonds. The first kappa shape index (κ1) is 12.8. The molecule has 0 aliphatic rings. The predicted molar refractivity (Wildman–Crippen MR) is 72.5 cm³/mol. The lowest BCUT2D eigenvalue weighted by Crippen LogP contribution is -2.21. The summed E-state index contributed by atoms with van der Waals surface area (Å²) in [5, 5.41) is 9.26. The molecular formula is C12H14N2O3S. The van der Waals surface area contributed by atoms with Crippen LogP contribution in [0.1, 0.15) is 17.3 Å². The van der Waals surface area contributed by atoms with E-state index in [9.17, 15) is 9.59 Å². The van der Waals surface area contributed by atoms with Crippen LogP contribution in [-0.2, 0) is 6.54 Å². The highest BCUT2D eigenvalue weighted by Crippen LogP contribution is 2.15. The van der Waals surface area contributed by atoms with Crippen molar-refractivity contribution in [3.63, 3.8) is 0 Å². The molecule has 2 rings (SSSR count). The van der Waals surface area contributed by atoms with Crippen LogP contribution in [0.25, 0.3) is 11.0 Å². The highest BCUT2D eigenvalue weighted by Gasteiger charge is 2.12. The molecule has 18 heavy (non-hydrogen) atoms. The maximum absolute atomic E-state index is 11.8. The smallest absolute Gasteiger partial charge is 0.335 e. The standard InChI is InChI=1S/C12H14N2O3S/c1-7(18-2)6-14-10-5-8(11(15)16)3-4-9(10)13-12(14)17/h3-5,7H,6H2,1-2H3,(H,13,17)(H,15,16). The summed E-state index contributed by atoms with van der Waals surface area (Å²) in [6.45, 7) is 2.58. The van der Waals surface area contributed by atoms with Crippen molar-refractivity contribution in [1.29, 1.82) is 0 Å². The lowest BCUT2D eigenvalue weighted by atomic mass is 10.2. The maximum atomic E-state index is 11.8. The number of H-pyrrole nitrogens is 1. The monoisotopic (exact) mass is 266 g/mol. The first-order chi connectivity index (χ1) is 8.52. The number of rotatable bonds is 4. The van der Waals surface area contributed by atoms with Gasteiger partial charge in [-0.25, -0.2) is 9.59 Å². The number of aromatic carboxylic acids is 1. The summed E-state index contributed by atoms with van der Waals surface area (Å²) in [4.78, 5) is 25.5. The van der Waals surface area contributed by atoms with E-state index in [1.54, 1.807) is 22.4 Å². The Kier molecular flexibility index (Phi) is 3.47. The number of carboxylic acids is 1. The predicted octanol–water partition coefficient (Wildman–Crippen LogP) is 1.78. The molecule has 0 spiro atoms. The summed E-state index contributed by atoms with van der Waals surface area (Å²) in [6.07, 6.45) is 1.98. The van der Waals surface area contributed by atoms with E-state index in [1.807, 2.05) is 13.2 Å². The van der Waals surface area contributed by atoms with E-state index in [0.29, 0.717) is 17.6 Å². The Morgan fingerprint density at radius 3 is 2.89 bits per heavy atom. The molecule has 0 fully saturated rings. The molecule has 5 nitrogen and oxygen atoms in total. The molecule has 6 heteroatoms. The fraction of sp³-hybridized carbons (Fsp3) is 0.333. The molecule has 1 heterocycles. The largest absolute Gasteiger partial charge is 0.478 e. The van der Waals surface area contributed by atoms with Gasteiger partial charge in [-0.1, -0.05) is 6.92 Å². The fourth-order valence-electron chi connectivity index (χ4n) is 1.80. The van der Waals surface area contributed by atoms with Crippen LogP contribution in [0.15, 0.2) is 23.0 Å². The zero-order valence-corrected chi connectivity index (χ0v) is 11.0. The normalized spacial score (nSPS) is 12.8. The molecule has 0 radical (unpaired) electrons. The second-order valence-corrected chi connectivity index (χ2v) is 5.40. The highest BCUT2D eigenvalue weighted by molar-refractivity contribution is 7.99. The number of aromatic amines is 1. The van der Waals surface area contributed by atoms with Crippen molar-refractivity contribution in [3.05, 3.63) is 34.2 Å². The Bertz CT molecular complexity index is 644. The van der Waals surface area contributed by atoms with Gasteiger partial charge in [0.1, 0.15) is 0 Å². The number of benzene rings is 1. The fourth-order valence-corrected chi connectivity index (χ4v) is 2.10. The molecular weight excluding hydrogens is 252 g/mol. The van der Waals surface area contributed by atoms with E-state index in [1.165, 1.54) is 12.1 Å². The second kappa shape index (κ2) is 4.89. The number of imidazole rings is 1. The highest BCUT2D eigenvalue weighted by atomic mass is 32.2. The number of thioether (sulfide) groups is 1. The summed E-state index contributed by atoms with van der Waals surface area (Å²) >= 11 is 1.66. The van der Waals surface area contributed by atoms with E-state index in [-0.39, 0.29) is 16.5 Å². The van der Waals surface area contributed by atoms with Crippen molar-refractivity contribution in [1.82, 2.24) is 9.55 Å². The lowest BCUT2D eigenvalue weighted by molar-refractivity contribution is 0.0697. The van der Waals surface area contributed by atoms with E-state index >= 15 is 0 Å². The number of carbonyl (C=O) groups is 1. The second-order valence-electron chi connectivity index (χ2n) is 4.12. The van der Waals surface area contributed by atoms with Gasteiger partial charge < -0.3 is 10.1 Å². The van der Waals surface area contributed by atoms with Crippen LogP contribution in [0.5, 0.6) is 0 Å². The average molecular weight is 266 g/mol. The average Bonchev–Trinajstić information content (AvgIpc) is 2.65. The van der Waals surface area contributed by atoms with Crippen LogP contribution >= 0.6 is 11.8 Å². The van der Waals surface area contributed by atoms with Gasteiger partial charge in [0.25, 0.3) is 0 Å². The van der Waals surface area contributed by atoms with Gasteiger partial charge >= 0.3 is 11.7 Å². The van der Waals surface area contributed by atoms with Crippen molar-refractivity contribution in [2.24, 2.45) is 0 Å². The van der Waals surface area contributed by atoms with Crippen molar-refractivity contribution in [3.8, 4) is 0 Å². The number of carboxylic acid groups (broad SMARTS) is 1. The molecule has 0 bridgehead atoms. The van der Waals surface area contributed by atoms with Gasteiger partial charge in [0, 0.05) is 11.8 Å². The summed E-state index contributed by atoms with van der Waals surface area (Å²) in [5.74, 6) is -0.991. The van der Waals surface area contributed by atoms with Crippen LogP contribution in [0.4, 0.5) is 0 Å². The molecule has 0 aliphatic heterocycles. The van der Waals surface area contributed by atoms with Crippen LogP contribution in [0.3, 0.4) is 0 Å². The van der Waals surface area contributed by atoms with E-state index in [4.69, 9.17) is 5.11 Å². The summed E-state index contributed by atoms with van der Waals surface area (Å²) in [5.41, 5.74) is 1.29. The molecule has 2 N–H and O–H groups in total. The summed E-state index contributed by atoms with van der Waals surface area (Å²) in [7, 11) is 0. The summed E-state index contributed by atoms with van der Waals surface area (Å²) in [6, 6.07) is 4.64. The van der Waals surface area contributed by atoms with E-state index < -0.39 is 5.97 Å². The number of aromatic nitrogens is 2. The van der Waals surface area contributed by atoms with Crippen molar-refractivity contribution in [2.45, 2.75) is 18.7 Å². The van der Waals surface area contributed by atoms with Crippen LogP contribution in [0, 0.1) is 0 Å². The van der Waals surface area contributed by atoms with E-state index in [2.05, 4.69) is 4.98 Å². The van der Waals surface area contributed by atoms with Gasteiger partial charge in [0.2, 0.25) is 0 Å². The minimum Gasteiger partial charge on any atom is -0.478 e. The van der Waals surface area contributed by atoms with Gasteiger partial charge in [-0.3, -0.25) is 4.57 Å². The maximum Gasteiger partial charge on any atom is 0.335 e. The molecule has 0 aliphatic carbocycles. The molecule has 1 aromatic heterocycles. The first-order valence-electron chi connectivity index (χ1n) is 5.51. The van der Waals surface area contributed by atoms with Crippen molar-refractivity contribution < 1.29 is 9.90 Å². The lowest BCUT2D eigenvalue weighted by Gasteiger charge is -2.09. The Morgan fingerprint density at radius 2 is 2.28 bits per heavy atom. The SMILES string of the molecule is CSC(C)Cn1c(=O)[nH]c2ccc(C(=O)O)cc21. The third-order valence-corrected chi connectivity index (χ3v) is 3.82. The Hall–Kier alpha value is -1.69. The number of fused-ring (bicyclic) bond motifs is 1. The Morgan fingerprint density at radius 1 is 1.56 bits per heavy atom. The molecule has 1 unspecified atom stereocenters. The minimum atomic E-state index is -0.991. The zero-order valence-electron chi connectivity index (χ0n) is 10.1. The van der Waals surface area contributed by atoms with Crippen molar-refractivity contribution >= 4 is 28.8 Å². The first-order valence-corrected chi connectivity index (χ1v) is 6.80. The van der Waals surface area contributed by atoms with Crippen LogP contribution in [-0.4, -0.2) is 32.1 Å². The third-order valence-electron chi connectivity index (χ3n) is 2.86. The molecule has 1 atom stereocenters. The van der Waals surface area contributed by atoms with Gasteiger partial charge in [-0.2, -0.15) is 11.8 Å². The zero-order chi connectivity index (χ0) is 13.3. The molecule has 96 valence electrons. The quantitative estimate of drug-likeness (QED) is 0.884. The molecule has 0 saturated heterocycles. The van der Waals surface area contributed by atoms with Gasteiger partial charge in [-0.05, 0) is 24.5 Å². The van der Waals surface area contributed by atoms with Gasteiger partial charge in [-0.15, -0.1) is 0 Å². The van der Waals surface area contributed by atoms with E-state index in [0.717, 1.165) is 0 Å². The van der Waals surface area contributed by atoms with Crippen molar-refractivity contribution in [2.75, 3.05) is 6.26 Å². The molecule has 2 aromatic rings. The topological polar surface area (TPSA) is 75.1 Å². The Balaban J connectivity index is 2.57. The number of nitrogens with one attached hydrogen (secondary N) is 1. The van der Waals surface area contributed by atoms with Crippen LogP contribution < -0.4 is 5.69 Å². The summed E-state index contributed by atoms with van der Waals surface area (Å²) < 4.78 is 1.59. The van der Waals surface area contributed by atoms with Gasteiger partial charge in [0.05, 0.1) is 16.6 Å².